The molecule has 2 heterocycles. The molecule has 3 rings (SSSR count). The lowest BCUT2D eigenvalue weighted by molar-refractivity contribution is -0.120. The third kappa shape index (κ3) is 7.21. The highest BCUT2D eigenvalue weighted by Gasteiger charge is 2.14. The third-order valence-corrected chi connectivity index (χ3v) is 6.00. The summed E-state index contributed by atoms with van der Waals surface area (Å²) >= 11 is 6.14. The molecule has 0 aliphatic rings. The molecule has 2 N–H and O–H groups in total. The smallest absolute Gasteiger partial charge is 0.407 e. The van der Waals surface area contributed by atoms with Crippen LogP contribution in [0.1, 0.15) is 46.5 Å². The van der Waals surface area contributed by atoms with E-state index in [9.17, 15) is 14.4 Å². The average Bonchev–Trinajstić information content (AvgIpc) is 3.16. The van der Waals surface area contributed by atoms with Crippen LogP contribution >= 0.6 is 11.6 Å². The Balaban J connectivity index is 1.65. The minimum atomic E-state index is -0.521. The van der Waals surface area contributed by atoms with Crippen LogP contribution in [-0.4, -0.2) is 28.2 Å². The van der Waals surface area contributed by atoms with Gasteiger partial charge in [-0.1, -0.05) is 17.7 Å². The molecule has 0 aliphatic carbocycles. The molecule has 0 saturated carbocycles. The zero-order chi connectivity index (χ0) is 26.2. The van der Waals surface area contributed by atoms with Crippen LogP contribution in [0.3, 0.4) is 0 Å². The van der Waals surface area contributed by atoms with Crippen molar-refractivity contribution in [3.63, 3.8) is 0 Å². The number of carbonyl (C=O) groups is 2. The minimum absolute atomic E-state index is 0.0510. The second-order valence-corrected chi connectivity index (χ2v) is 8.84. The lowest BCUT2D eigenvalue weighted by atomic mass is 10.1. The largest absolute Gasteiger partial charge is 0.450 e. The van der Waals surface area contributed by atoms with Crippen molar-refractivity contribution in [2.24, 2.45) is 0 Å². The highest BCUT2D eigenvalue weighted by atomic mass is 35.5. The molecule has 9 nitrogen and oxygen atoms in total. The maximum atomic E-state index is 13.1. The number of aryl methyl sites for hydroxylation is 5. The van der Waals surface area contributed by atoms with E-state index in [0.717, 1.165) is 28.1 Å². The third-order valence-electron chi connectivity index (χ3n) is 5.77. The first-order chi connectivity index (χ1) is 17.2. The van der Waals surface area contributed by atoms with Gasteiger partial charge in [-0.05, 0) is 55.7 Å². The molecule has 3 aromatic rings. The van der Waals surface area contributed by atoms with Gasteiger partial charge < -0.3 is 24.4 Å². The van der Waals surface area contributed by atoms with Crippen LogP contribution in [0.2, 0.25) is 5.02 Å². The summed E-state index contributed by atoms with van der Waals surface area (Å²) in [6, 6.07) is 7.07. The molecule has 0 aliphatic heterocycles. The van der Waals surface area contributed by atoms with Crippen LogP contribution in [0.15, 0.2) is 39.7 Å². The van der Waals surface area contributed by atoms with E-state index in [0.29, 0.717) is 29.4 Å². The molecule has 192 valence electrons. The Labute approximate surface area is 214 Å². The molecule has 0 atom stereocenters. The Morgan fingerprint density at radius 2 is 1.86 bits per heavy atom. The molecule has 0 fully saturated rings. The first kappa shape index (κ1) is 27.0. The molecule has 36 heavy (non-hydrogen) atoms. The van der Waals surface area contributed by atoms with Crippen molar-refractivity contribution < 1.29 is 18.7 Å². The van der Waals surface area contributed by atoms with Crippen molar-refractivity contribution in [1.82, 2.24) is 20.2 Å². The zero-order valence-corrected chi connectivity index (χ0v) is 21.7. The fourth-order valence-electron chi connectivity index (χ4n) is 3.83. The molecule has 10 heteroatoms. The van der Waals surface area contributed by atoms with E-state index >= 15 is 0 Å². The Morgan fingerprint density at radius 1 is 1.11 bits per heavy atom. The standard InChI is InChI=1S/C26H31ClN4O5/c1-5-35-26(34)29-14-19-6-7-21(27)12-20(19)15-28-24(32)13-22-16(2)8-10-31(25(22)33)11-9-23-17(3)36-18(4)30-23/h6-8,10,12H,5,9,11,13-15H2,1-4H3,(H,28,32)(H,29,34). The van der Waals surface area contributed by atoms with Crippen LogP contribution in [0.4, 0.5) is 4.79 Å². The van der Waals surface area contributed by atoms with E-state index in [-0.39, 0.29) is 37.6 Å². The molecule has 0 bridgehead atoms. The molecule has 1 aromatic carbocycles. The van der Waals surface area contributed by atoms with E-state index in [1.165, 1.54) is 0 Å². The molecule has 0 spiro atoms. The topological polar surface area (TPSA) is 115 Å². The van der Waals surface area contributed by atoms with Gasteiger partial charge in [-0.25, -0.2) is 9.78 Å². The Kier molecular flexibility index (Phi) is 9.30. The summed E-state index contributed by atoms with van der Waals surface area (Å²) in [4.78, 5) is 41.8. The molecule has 2 aromatic heterocycles. The zero-order valence-electron chi connectivity index (χ0n) is 20.9. The second kappa shape index (κ2) is 12.4. The Hall–Kier alpha value is -3.59. The Morgan fingerprint density at radius 3 is 2.56 bits per heavy atom. The number of pyridine rings is 1. The van der Waals surface area contributed by atoms with E-state index in [1.807, 2.05) is 19.9 Å². The summed E-state index contributed by atoms with van der Waals surface area (Å²) in [7, 11) is 0. The summed E-state index contributed by atoms with van der Waals surface area (Å²) in [5, 5.41) is 6.04. The highest BCUT2D eigenvalue weighted by molar-refractivity contribution is 6.30. The van der Waals surface area contributed by atoms with Crippen molar-refractivity contribution in [3.05, 3.63) is 85.4 Å². The highest BCUT2D eigenvalue weighted by Crippen LogP contribution is 2.17. The predicted octanol–water partition coefficient (Wildman–Crippen LogP) is 3.76. The van der Waals surface area contributed by atoms with Crippen LogP contribution in [0, 0.1) is 20.8 Å². The lowest BCUT2D eigenvalue weighted by Gasteiger charge is -2.13. The maximum Gasteiger partial charge on any atom is 0.407 e. The quantitative estimate of drug-likeness (QED) is 0.425. The van der Waals surface area contributed by atoms with Crippen LogP contribution in [0.25, 0.3) is 0 Å². The summed E-state index contributed by atoms with van der Waals surface area (Å²) < 4.78 is 11.9. The van der Waals surface area contributed by atoms with Gasteiger partial charge >= 0.3 is 6.09 Å². The van der Waals surface area contributed by atoms with Crippen LogP contribution < -0.4 is 16.2 Å². The second-order valence-electron chi connectivity index (χ2n) is 8.40. The summed E-state index contributed by atoms with van der Waals surface area (Å²) in [5.74, 6) is 1.04. The van der Waals surface area contributed by atoms with E-state index in [2.05, 4.69) is 15.6 Å². The molecule has 0 unspecified atom stereocenters. The lowest BCUT2D eigenvalue weighted by Crippen LogP contribution is -2.31. The SMILES string of the molecule is CCOC(=O)NCc1ccc(Cl)cc1CNC(=O)Cc1c(C)ccn(CCc2nc(C)oc2C)c1=O. The fourth-order valence-corrected chi connectivity index (χ4v) is 4.03. The van der Waals surface area contributed by atoms with Gasteiger partial charge in [0.1, 0.15) is 5.76 Å². The number of alkyl carbamates (subject to hydrolysis) is 1. The van der Waals surface area contributed by atoms with Crippen molar-refractivity contribution >= 4 is 23.6 Å². The monoisotopic (exact) mass is 514 g/mol. The number of rotatable bonds is 10. The number of halogens is 1. The number of hydrogen-bond acceptors (Lipinski definition) is 6. The van der Waals surface area contributed by atoms with Gasteiger partial charge in [-0.2, -0.15) is 0 Å². The van der Waals surface area contributed by atoms with Crippen molar-refractivity contribution in [2.75, 3.05) is 6.61 Å². The first-order valence-electron chi connectivity index (χ1n) is 11.7. The Bertz CT molecular complexity index is 1300. The number of amides is 2. The summed E-state index contributed by atoms with van der Waals surface area (Å²) in [5.41, 5.74) is 3.36. The molecule has 0 saturated heterocycles. The minimum Gasteiger partial charge on any atom is -0.450 e. The number of benzene rings is 1. The number of hydrogen-bond donors (Lipinski definition) is 2. The van der Waals surface area contributed by atoms with Crippen molar-refractivity contribution in [1.29, 1.82) is 0 Å². The number of ether oxygens (including phenoxy) is 1. The molecule has 0 radical (unpaired) electrons. The molecule has 2 amide bonds. The van der Waals surface area contributed by atoms with Crippen LogP contribution in [0.5, 0.6) is 0 Å². The van der Waals surface area contributed by atoms with Gasteiger partial charge in [0.2, 0.25) is 5.91 Å². The summed E-state index contributed by atoms with van der Waals surface area (Å²) in [6.07, 6.45) is 1.71. The summed E-state index contributed by atoms with van der Waals surface area (Å²) in [6.45, 7) is 8.31. The van der Waals surface area contributed by atoms with Crippen molar-refractivity contribution in [2.45, 2.75) is 60.2 Å². The first-order valence-corrected chi connectivity index (χ1v) is 12.1. The van der Waals surface area contributed by atoms with Gasteiger partial charge in [0.15, 0.2) is 5.89 Å². The number of carbonyl (C=O) groups excluding carboxylic acids is 2. The van der Waals surface area contributed by atoms with Gasteiger partial charge in [-0.15, -0.1) is 0 Å². The molecular formula is C26H31ClN4O5. The maximum absolute atomic E-state index is 13.1. The van der Waals surface area contributed by atoms with Gasteiger partial charge in [0.25, 0.3) is 5.56 Å². The number of nitrogens with one attached hydrogen (secondary N) is 2. The van der Waals surface area contributed by atoms with E-state index < -0.39 is 6.09 Å². The predicted molar refractivity (Wildman–Crippen MR) is 136 cm³/mol. The van der Waals surface area contributed by atoms with Gasteiger partial charge in [-0.3, -0.25) is 9.59 Å². The van der Waals surface area contributed by atoms with E-state index in [1.54, 1.807) is 42.8 Å². The normalized spacial score (nSPS) is 10.8. The molecular weight excluding hydrogens is 484 g/mol. The van der Waals surface area contributed by atoms with E-state index in [4.69, 9.17) is 20.8 Å². The number of oxazole rings is 1. The van der Waals surface area contributed by atoms with Crippen LogP contribution in [-0.2, 0) is 42.0 Å². The van der Waals surface area contributed by atoms with Crippen molar-refractivity contribution in [3.8, 4) is 0 Å². The average molecular weight is 515 g/mol. The number of aromatic nitrogens is 2. The van der Waals surface area contributed by atoms with Gasteiger partial charge in [0.05, 0.1) is 18.7 Å². The fraction of sp³-hybridized carbons (Fsp3) is 0.385. The van der Waals surface area contributed by atoms with Gasteiger partial charge in [0, 0.05) is 49.8 Å². The number of nitrogens with zero attached hydrogens (tertiary/aromatic N) is 2.